The van der Waals surface area contributed by atoms with E-state index in [2.05, 4.69) is 15.4 Å². The number of nitrogens with one attached hydrogen (secondary N) is 1. The quantitative estimate of drug-likeness (QED) is 0.755. The maximum atomic E-state index is 13.0. The van der Waals surface area contributed by atoms with Crippen molar-refractivity contribution in [1.29, 1.82) is 0 Å². The second kappa shape index (κ2) is 6.26. The number of benzene rings is 1. The van der Waals surface area contributed by atoms with Gasteiger partial charge in [0.25, 0.3) is 5.91 Å². The van der Waals surface area contributed by atoms with Crippen LogP contribution in [0.25, 0.3) is 5.69 Å². The molecule has 0 aliphatic heterocycles. The maximum absolute atomic E-state index is 13.0. The number of halogens is 3. The molecule has 1 aliphatic rings. The molecule has 27 heavy (non-hydrogen) atoms. The molecule has 0 atom stereocenters. The first-order chi connectivity index (χ1) is 12.8. The molecule has 0 saturated heterocycles. The highest BCUT2D eigenvalue weighted by Crippen LogP contribution is 2.43. The average Bonchev–Trinajstić information content (AvgIpc) is 3.20. The fourth-order valence-electron chi connectivity index (χ4n) is 2.87. The molecule has 0 spiro atoms. The highest BCUT2D eigenvalue weighted by molar-refractivity contribution is 6.01. The third kappa shape index (κ3) is 3.44. The summed E-state index contributed by atoms with van der Waals surface area (Å²) in [4.78, 5) is 16.2. The lowest BCUT2D eigenvalue weighted by Crippen LogP contribution is -2.16. The third-order valence-electron chi connectivity index (χ3n) is 4.42. The number of anilines is 1. The molecule has 3 aromatic rings. The monoisotopic (exact) mass is 375 g/mol. The van der Waals surface area contributed by atoms with Crippen molar-refractivity contribution in [1.82, 2.24) is 19.3 Å². The minimum atomic E-state index is -4.48. The molecule has 2 heterocycles. The van der Waals surface area contributed by atoms with E-state index in [1.807, 2.05) is 0 Å². The predicted octanol–water partition coefficient (Wildman–Crippen LogP) is 3.75. The molecule has 0 bridgehead atoms. The second-order valence-corrected chi connectivity index (χ2v) is 6.50. The van der Waals surface area contributed by atoms with Gasteiger partial charge in [0.2, 0.25) is 0 Å². The van der Waals surface area contributed by atoms with Crippen molar-refractivity contribution in [3.05, 3.63) is 59.9 Å². The number of amides is 1. The van der Waals surface area contributed by atoms with Crippen LogP contribution in [-0.2, 0) is 13.2 Å². The smallest absolute Gasteiger partial charge is 0.330 e. The zero-order valence-corrected chi connectivity index (χ0v) is 14.4. The Balaban J connectivity index is 1.58. The SMILES string of the molecule is Cn1ccnc1C(=O)Nc1ccc(-n2nc(C(F)(F)F)cc2C2CC2)cc1. The molecule has 140 valence electrons. The number of aromatic nitrogens is 4. The maximum Gasteiger partial charge on any atom is 0.435 e. The summed E-state index contributed by atoms with van der Waals surface area (Å²) in [6, 6.07) is 7.64. The highest BCUT2D eigenvalue weighted by atomic mass is 19.4. The van der Waals surface area contributed by atoms with Crippen LogP contribution < -0.4 is 5.32 Å². The lowest BCUT2D eigenvalue weighted by atomic mass is 10.2. The molecule has 1 aromatic carbocycles. The lowest BCUT2D eigenvalue weighted by molar-refractivity contribution is -0.141. The van der Waals surface area contributed by atoms with Crippen LogP contribution in [0.4, 0.5) is 18.9 Å². The van der Waals surface area contributed by atoms with Crippen LogP contribution >= 0.6 is 0 Å². The molecule has 1 fully saturated rings. The number of carbonyl (C=O) groups is 1. The normalized spacial score (nSPS) is 14.4. The van der Waals surface area contributed by atoms with Crippen LogP contribution in [0.15, 0.2) is 42.7 Å². The van der Waals surface area contributed by atoms with Crippen molar-refractivity contribution in [2.75, 3.05) is 5.32 Å². The Bertz CT molecular complexity index is 983. The average molecular weight is 375 g/mol. The van der Waals surface area contributed by atoms with Crippen molar-refractivity contribution in [3.8, 4) is 5.69 Å². The molecule has 9 heteroatoms. The molecule has 0 radical (unpaired) electrons. The summed E-state index contributed by atoms with van der Waals surface area (Å²) in [6.07, 6.45) is 0.424. The van der Waals surface area contributed by atoms with E-state index in [0.717, 1.165) is 18.9 Å². The van der Waals surface area contributed by atoms with E-state index in [1.54, 1.807) is 42.1 Å². The zero-order valence-electron chi connectivity index (χ0n) is 14.4. The molecule has 1 N–H and O–H groups in total. The van der Waals surface area contributed by atoms with Gasteiger partial charge in [0.1, 0.15) is 0 Å². The first-order valence-corrected chi connectivity index (χ1v) is 8.39. The van der Waals surface area contributed by atoms with Crippen molar-refractivity contribution >= 4 is 11.6 Å². The molecule has 6 nitrogen and oxygen atoms in total. The van der Waals surface area contributed by atoms with Gasteiger partial charge in [-0.15, -0.1) is 0 Å². The molecule has 1 saturated carbocycles. The van der Waals surface area contributed by atoms with Gasteiger partial charge in [-0.2, -0.15) is 18.3 Å². The highest BCUT2D eigenvalue weighted by Gasteiger charge is 2.38. The molecular formula is C18H16F3N5O. The van der Waals surface area contributed by atoms with Crippen molar-refractivity contribution in [2.45, 2.75) is 24.9 Å². The van der Waals surface area contributed by atoms with Gasteiger partial charge in [0.15, 0.2) is 11.5 Å². The van der Waals surface area contributed by atoms with Crippen LogP contribution in [0, 0.1) is 0 Å². The molecular weight excluding hydrogens is 359 g/mol. The summed E-state index contributed by atoms with van der Waals surface area (Å²) >= 11 is 0. The number of aryl methyl sites for hydroxylation is 1. The Labute approximate surface area is 152 Å². The number of carbonyl (C=O) groups excluding carboxylic acids is 1. The summed E-state index contributed by atoms with van der Waals surface area (Å²) in [5, 5.41) is 6.46. The van der Waals surface area contributed by atoms with E-state index in [9.17, 15) is 18.0 Å². The minimum absolute atomic E-state index is 0.108. The molecule has 2 aromatic heterocycles. The Hall–Kier alpha value is -3.10. The number of alkyl halides is 3. The number of rotatable bonds is 4. The van der Waals surface area contributed by atoms with Crippen molar-refractivity contribution < 1.29 is 18.0 Å². The van der Waals surface area contributed by atoms with Gasteiger partial charge in [-0.05, 0) is 43.2 Å². The first-order valence-electron chi connectivity index (χ1n) is 8.39. The van der Waals surface area contributed by atoms with Gasteiger partial charge in [0, 0.05) is 36.7 Å². The minimum Gasteiger partial charge on any atom is -0.330 e. The van der Waals surface area contributed by atoms with E-state index in [0.29, 0.717) is 17.1 Å². The zero-order chi connectivity index (χ0) is 19.2. The summed E-state index contributed by atoms with van der Waals surface area (Å²) in [5.74, 6) is 0.000697. The van der Waals surface area contributed by atoms with Crippen LogP contribution in [0.2, 0.25) is 0 Å². The van der Waals surface area contributed by atoms with E-state index in [-0.39, 0.29) is 17.6 Å². The fraction of sp³-hybridized carbons (Fsp3) is 0.278. The topological polar surface area (TPSA) is 64.7 Å². The van der Waals surface area contributed by atoms with Crippen LogP contribution in [-0.4, -0.2) is 25.2 Å². The van der Waals surface area contributed by atoms with Gasteiger partial charge >= 0.3 is 6.18 Å². The standard InChI is InChI=1S/C18H16F3N5O/c1-25-9-8-22-16(25)17(27)23-12-4-6-13(7-5-12)26-14(11-2-3-11)10-15(24-26)18(19,20)21/h4-11H,2-3H2,1H3,(H,23,27). The van der Waals surface area contributed by atoms with Crippen LogP contribution in [0.1, 0.15) is 40.8 Å². The lowest BCUT2D eigenvalue weighted by Gasteiger charge is -2.09. The van der Waals surface area contributed by atoms with Gasteiger partial charge in [-0.25, -0.2) is 9.67 Å². The van der Waals surface area contributed by atoms with Gasteiger partial charge in [-0.3, -0.25) is 4.79 Å². The number of imidazole rings is 1. The van der Waals surface area contributed by atoms with E-state index < -0.39 is 11.9 Å². The Morgan fingerprint density at radius 3 is 2.48 bits per heavy atom. The number of hydrogen-bond acceptors (Lipinski definition) is 3. The molecule has 1 amide bonds. The van der Waals surface area contributed by atoms with Crippen LogP contribution in [0.3, 0.4) is 0 Å². The first kappa shape index (κ1) is 17.3. The molecule has 0 unspecified atom stereocenters. The second-order valence-electron chi connectivity index (χ2n) is 6.50. The molecule has 4 rings (SSSR count). The van der Waals surface area contributed by atoms with Gasteiger partial charge < -0.3 is 9.88 Å². The summed E-state index contributed by atoms with van der Waals surface area (Å²) in [7, 11) is 1.71. The Morgan fingerprint density at radius 2 is 1.93 bits per heavy atom. The number of nitrogens with zero attached hydrogens (tertiary/aromatic N) is 4. The molecule has 1 aliphatic carbocycles. The third-order valence-corrected chi connectivity index (χ3v) is 4.42. The van der Waals surface area contributed by atoms with Crippen molar-refractivity contribution in [2.24, 2.45) is 7.05 Å². The van der Waals surface area contributed by atoms with E-state index in [1.165, 1.54) is 10.9 Å². The Morgan fingerprint density at radius 1 is 1.22 bits per heavy atom. The summed E-state index contributed by atoms with van der Waals surface area (Å²) in [6.45, 7) is 0. The van der Waals surface area contributed by atoms with Gasteiger partial charge in [-0.1, -0.05) is 0 Å². The fourth-order valence-corrected chi connectivity index (χ4v) is 2.87. The van der Waals surface area contributed by atoms with Crippen LogP contribution in [0.5, 0.6) is 0 Å². The van der Waals surface area contributed by atoms with Gasteiger partial charge in [0.05, 0.1) is 5.69 Å². The van der Waals surface area contributed by atoms with Crippen molar-refractivity contribution in [3.63, 3.8) is 0 Å². The van der Waals surface area contributed by atoms with E-state index >= 15 is 0 Å². The number of hydrogen-bond donors (Lipinski definition) is 1. The summed E-state index contributed by atoms with van der Waals surface area (Å²) < 4.78 is 42.0. The largest absolute Gasteiger partial charge is 0.435 e. The van der Waals surface area contributed by atoms with E-state index in [4.69, 9.17) is 0 Å². The summed E-state index contributed by atoms with van der Waals surface area (Å²) in [5.41, 5.74) is 0.703. The predicted molar refractivity (Wildman–Crippen MR) is 91.7 cm³/mol. The Kier molecular flexibility index (Phi) is 4.01.